The van der Waals surface area contributed by atoms with Crippen LogP contribution in [-0.4, -0.2) is 44.8 Å². The average Bonchev–Trinajstić information content (AvgIpc) is 2.83. The van der Waals surface area contributed by atoms with Crippen LogP contribution in [0.1, 0.15) is 22.8 Å². The number of sulfonamides is 1. The van der Waals surface area contributed by atoms with Crippen LogP contribution in [0.15, 0.2) is 83.8 Å². The lowest BCUT2D eigenvalue weighted by Crippen LogP contribution is -2.46. The minimum atomic E-state index is -3.61. The molecule has 9 heteroatoms. The first-order valence-electron chi connectivity index (χ1n) is 10.7. The molecule has 3 aromatic carbocycles. The highest BCUT2D eigenvalue weighted by Crippen LogP contribution is 2.17. The molecular formula is C25H26FN3O4S. The fourth-order valence-electron chi connectivity index (χ4n) is 3.40. The molecule has 0 fully saturated rings. The van der Waals surface area contributed by atoms with Crippen LogP contribution in [0, 0.1) is 5.82 Å². The zero-order valence-electron chi connectivity index (χ0n) is 18.9. The van der Waals surface area contributed by atoms with E-state index >= 15 is 0 Å². The third kappa shape index (κ3) is 6.27. The third-order valence-electron chi connectivity index (χ3n) is 5.22. The molecule has 0 unspecified atom stereocenters. The number of rotatable bonds is 9. The molecule has 0 aromatic heterocycles. The Hall–Kier alpha value is -3.56. The fourth-order valence-corrected chi connectivity index (χ4v) is 4.44. The monoisotopic (exact) mass is 483 g/mol. The number of hydrogen-bond acceptors (Lipinski definition) is 4. The lowest BCUT2D eigenvalue weighted by atomic mass is 10.0. The van der Waals surface area contributed by atoms with E-state index in [1.165, 1.54) is 60.5 Å². The zero-order valence-corrected chi connectivity index (χ0v) is 19.7. The Morgan fingerprint density at radius 1 is 0.941 bits per heavy atom. The Bertz CT molecular complexity index is 1230. The van der Waals surface area contributed by atoms with E-state index in [9.17, 15) is 22.4 Å². The standard InChI is InChI=1S/C25H26FN3O4S/c1-3-27-34(32,33)22-15-13-21(14-16-22)28-24(30)23(17-18-7-5-4-6-8-18)29(2)25(31)19-9-11-20(26)12-10-19/h4-16,23,27H,3,17H2,1-2H3,(H,28,30)/t23-/m0/s1. The van der Waals surface area contributed by atoms with Crippen LogP contribution in [0.2, 0.25) is 0 Å². The fraction of sp³-hybridized carbons (Fsp3) is 0.200. The van der Waals surface area contributed by atoms with Gasteiger partial charge in [-0.25, -0.2) is 17.5 Å². The number of carbonyl (C=O) groups is 2. The van der Waals surface area contributed by atoms with Crippen molar-refractivity contribution in [3.8, 4) is 0 Å². The van der Waals surface area contributed by atoms with Gasteiger partial charge in [0.15, 0.2) is 0 Å². The van der Waals surface area contributed by atoms with Crippen LogP contribution in [-0.2, 0) is 21.2 Å². The van der Waals surface area contributed by atoms with Crippen LogP contribution in [0.3, 0.4) is 0 Å². The molecule has 7 nitrogen and oxygen atoms in total. The molecule has 34 heavy (non-hydrogen) atoms. The SMILES string of the molecule is CCNS(=O)(=O)c1ccc(NC(=O)[C@H](Cc2ccccc2)N(C)C(=O)c2ccc(F)cc2)cc1. The van der Waals surface area contributed by atoms with Gasteiger partial charge in [-0.2, -0.15) is 0 Å². The molecule has 0 aliphatic rings. The summed E-state index contributed by atoms with van der Waals surface area (Å²) in [6.07, 6.45) is 0.253. The van der Waals surface area contributed by atoms with Crippen molar-refractivity contribution < 1.29 is 22.4 Å². The number of nitrogens with one attached hydrogen (secondary N) is 2. The number of likely N-dealkylation sites (N-methyl/N-ethyl adjacent to an activating group) is 1. The molecule has 1 atom stereocenters. The first kappa shape index (κ1) is 25.1. The smallest absolute Gasteiger partial charge is 0.254 e. The van der Waals surface area contributed by atoms with Crippen LogP contribution >= 0.6 is 0 Å². The van der Waals surface area contributed by atoms with Gasteiger partial charge in [0.25, 0.3) is 5.91 Å². The Morgan fingerprint density at radius 2 is 1.56 bits per heavy atom. The maximum atomic E-state index is 13.3. The second kappa shape index (κ2) is 11.0. The number of nitrogens with zero attached hydrogens (tertiary/aromatic N) is 1. The van der Waals surface area contributed by atoms with Crippen LogP contribution in [0.5, 0.6) is 0 Å². The summed E-state index contributed by atoms with van der Waals surface area (Å²) in [6, 6.07) is 19.3. The minimum Gasteiger partial charge on any atom is -0.329 e. The molecule has 178 valence electrons. The Labute approximate surface area is 198 Å². The summed E-state index contributed by atoms with van der Waals surface area (Å²) in [6.45, 7) is 1.94. The van der Waals surface area contributed by atoms with E-state index in [1.807, 2.05) is 30.3 Å². The van der Waals surface area contributed by atoms with Gasteiger partial charge >= 0.3 is 0 Å². The van der Waals surface area contributed by atoms with Crippen molar-refractivity contribution in [2.75, 3.05) is 18.9 Å². The van der Waals surface area contributed by atoms with Crippen molar-refractivity contribution in [2.24, 2.45) is 0 Å². The summed E-state index contributed by atoms with van der Waals surface area (Å²) in [5.74, 6) is -1.33. The highest BCUT2D eigenvalue weighted by molar-refractivity contribution is 7.89. The second-order valence-electron chi connectivity index (χ2n) is 7.64. The highest BCUT2D eigenvalue weighted by atomic mass is 32.2. The number of benzene rings is 3. The van der Waals surface area contributed by atoms with Crippen LogP contribution < -0.4 is 10.0 Å². The first-order valence-corrected chi connectivity index (χ1v) is 12.2. The lowest BCUT2D eigenvalue weighted by molar-refractivity contribution is -0.120. The van der Waals surface area contributed by atoms with Gasteiger partial charge in [0.2, 0.25) is 15.9 Å². The quantitative estimate of drug-likeness (QED) is 0.487. The van der Waals surface area contributed by atoms with Crippen molar-refractivity contribution in [3.63, 3.8) is 0 Å². The van der Waals surface area contributed by atoms with Gasteiger partial charge in [0.05, 0.1) is 4.90 Å². The zero-order chi connectivity index (χ0) is 24.7. The third-order valence-corrected chi connectivity index (χ3v) is 6.78. The van der Waals surface area contributed by atoms with Gasteiger partial charge in [-0.05, 0) is 54.1 Å². The number of carbonyl (C=O) groups excluding carboxylic acids is 2. The maximum Gasteiger partial charge on any atom is 0.254 e. The molecule has 0 heterocycles. The maximum absolute atomic E-state index is 13.3. The molecule has 0 saturated heterocycles. The largest absolute Gasteiger partial charge is 0.329 e. The summed E-state index contributed by atoms with van der Waals surface area (Å²) in [5.41, 5.74) is 1.50. The molecule has 0 bridgehead atoms. The van der Waals surface area contributed by atoms with Gasteiger partial charge in [-0.3, -0.25) is 9.59 Å². The topological polar surface area (TPSA) is 95.6 Å². The molecule has 0 aliphatic carbocycles. The molecule has 0 spiro atoms. The highest BCUT2D eigenvalue weighted by Gasteiger charge is 2.28. The van der Waals surface area contributed by atoms with Gasteiger partial charge in [0.1, 0.15) is 11.9 Å². The Balaban J connectivity index is 1.83. The van der Waals surface area contributed by atoms with Crippen molar-refractivity contribution in [2.45, 2.75) is 24.3 Å². The van der Waals surface area contributed by atoms with Crippen LogP contribution in [0.25, 0.3) is 0 Å². The van der Waals surface area contributed by atoms with E-state index in [0.29, 0.717) is 5.69 Å². The van der Waals surface area contributed by atoms with Crippen LogP contribution in [0.4, 0.5) is 10.1 Å². The summed E-state index contributed by atoms with van der Waals surface area (Å²) < 4.78 is 40.0. The van der Waals surface area contributed by atoms with Crippen molar-refractivity contribution >= 4 is 27.5 Å². The van der Waals surface area contributed by atoms with E-state index in [4.69, 9.17) is 0 Å². The predicted molar refractivity (Wildman–Crippen MR) is 128 cm³/mol. The predicted octanol–water partition coefficient (Wildman–Crippen LogP) is 3.45. The van der Waals surface area contributed by atoms with E-state index in [2.05, 4.69) is 10.0 Å². The Morgan fingerprint density at radius 3 is 2.15 bits per heavy atom. The lowest BCUT2D eigenvalue weighted by Gasteiger charge is -2.28. The van der Waals surface area contributed by atoms with E-state index in [-0.39, 0.29) is 23.4 Å². The molecule has 3 aromatic rings. The van der Waals surface area contributed by atoms with Gasteiger partial charge in [0, 0.05) is 31.3 Å². The summed E-state index contributed by atoms with van der Waals surface area (Å²) in [4.78, 5) is 27.6. The average molecular weight is 484 g/mol. The number of anilines is 1. The van der Waals surface area contributed by atoms with E-state index in [0.717, 1.165) is 5.56 Å². The van der Waals surface area contributed by atoms with Crippen molar-refractivity contribution in [1.82, 2.24) is 9.62 Å². The normalized spacial score (nSPS) is 12.1. The molecule has 2 amide bonds. The summed E-state index contributed by atoms with van der Waals surface area (Å²) in [5, 5.41) is 2.76. The summed E-state index contributed by atoms with van der Waals surface area (Å²) >= 11 is 0. The van der Waals surface area contributed by atoms with E-state index in [1.54, 1.807) is 6.92 Å². The number of halogens is 1. The van der Waals surface area contributed by atoms with E-state index < -0.39 is 33.7 Å². The van der Waals surface area contributed by atoms with Crippen molar-refractivity contribution in [1.29, 1.82) is 0 Å². The molecule has 0 radical (unpaired) electrons. The minimum absolute atomic E-state index is 0.0804. The Kier molecular flexibility index (Phi) is 8.14. The summed E-state index contributed by atoms with van der Waals surface area (Å²) in [7, 11) is -2.09. The molecular weight excluding hydrogens is 457 g/mol. The molecule has 2 N–H and O–H groups in total. The molecule has 0 saturated carbocycles. The van der Waals surface area contributed by atoms with Gasteiger partial charge < -0.3 is 10.2 Å². The van der Waals surface area contributed by atoms with Crippen molar-refractivity contribution in [3.05, 3.63) is 95.8 Å². The van der Waals surface area contributed by atoms with Gasteiger partial charge in [-0.1, -0.05) is 37.3 Å². The first-order chi connectivity index (χ1) is 16.2. The molecule has 3 rings (SSSR count). The van der Waals surface area contributed by atoms with Gasteiger partial charge in [-0.15, -0.1) is 0 Å². The number of hydrogen-bond donors (Lipinski definition) is 2. The molecule has 0 aliphatic heterocycles. The number of amides is 2. The second-order valence-corrected chi connectivity index (χ2v) is 9.41.